The van der Waals surface area contributed by atoms with Crippen LogP contribution in [0.3, 0.4) is 0 Å². The molecule has 2 nitrogen and oxygen atoms in total. The van der Waals surface area contributed by atoms with E-state index in [2.05, 4.69) is 12.2 Å². The number of halogens is 2. The lowest BCUT2D eigenvalue weighted by molar-refractivity contribution is 0.0327. The summed E-state index contributed by atoms with van der Waals surface area (Å²) in [6, 6.07) is 6.16. The Hall–Kier alpha value is -0.280. The quantitative estimate of drug-likeness (QED) is 0.914. The highest BCUT2D eigenvalue weighted by atomic mass is 35.5. The van der Waals surface area contributed by atoms with Crippen molar-refractivity contribution in [1.29, 1.82) is 0 Å². The molecule has 1 N–H and O–H groups in total. The third-order valence-electron chi connectivity index (χ3n) is 3.43. The van der Waals surface area contributed by atoms with E-state index in [0.29, 0.717) is 12.0 Å². The number of benzene rings is 1. The highest BCUT2D eigenvalue weighted by Gasteiger charge is 2.25. The van der Waals surface area contributed by atoms with Gasteiger partial charge in [-0.3, -0.25) is 0 Å². The molecule has 0 unspecified atom stereocenters. The lowest BCUT2D eigenvalue weighted by Gasteiger charge is -2.32. The van der Waals surface area contributed by atoms with Crippen molar-refractivity contribution in [3.05, 3.63) is 33.8 Å². The highest BCUT2D eigenvalue weighted by Crippen LogP contribution is 2.26. The van der Waals surface area contributed by atoms with E-state index in [1.165, 1.54) is 0 Å². The van der Waals surface area contributed by atoms with Gasteiger partial charge < -0.3 is 10.1 Å². The number of hydrogen-bond acceptors (Lipinski definition) is 2. The van der Waals surface area contributed by atoms with Gasteiger partial charge in [0.05, 0.1) is 6.61 Å². The molecule has 0 amide bonds. The molecule has 0 aromatic heterocycles. The molecule has 2 atom stereocenters. The largest absolute Gasteiger partial charge is 0.381 e. The van der Waals surface area contributed by atoms with Crippen LogP contribution in [-0.2, 0) is 11.2 Å². The first-order valence-electron chi connectivity index (χ1n) is 6.45. The Labute approximate surface area is 119 Å². The summed E-state index contributed by atoms with van der Waals surface area (Å²) in [5, 5.41) is 5.07. The molecule has 4 heteroatoms. The minimum absolute atomic E-state index is 0.467. The summed E-state index contributed by atoms with van der Waals surface area (Å²) in [6.07, 6.45) is 1.98. The highest BCUT2D eigenvalue weighted by molar-refractivity contribution is 6.33. The first kappa shape index (κ1) is 14.1. The molecule has 1 saturated heterocycles. The Morgan fingerprint density at radius 3 is 3.00 bits per heavy atom. The molecule has 0 saturated carbocycles. The molecule has 0 bridgehead atoms. The molecule has 2 rings (SSSR count). The molecular weight excluding hydrogens is 269 g/mol. The van der Waals surface area contributed by atoms with Crippen LogP contribution in [0.1, 0.15) is 18.9 Å². The fourth-order valence-electron chi connectivity index (χ4n) is 2.51. The van der Waals surface area contributed by atoms with E-state index in [4.69, 9.17) is 27.9 Å². The Kier molecular flexibility index (Phi) is 5.31. The van der Waals surface area contributed by atoms with Crippen LogP contribution in [0.25, 0.3) is 0 Å². The van der Waals surface area contributed by atoms with Crippen molar-refractivity contribution in [2.45, 2.75) is 25.8 Å². The summed E-state index contributed by atoms with van der Waals surface area (Å²) in [5.74, 6) is 0.467. The normalized spacial score (nSPS) is 24.2. The number of ether oxygens (including phenoxy) is 1. The lowest BCUT2D eigenvalue weighted by Crippen LogP contribution is -2.43. The molecule has 1 aliphatic rings. The van der Waals surface area contributed by atoms with Crippen molar-refractivity contribution in [2.75, 3.05) is 19.8 Å². The molecule has 100 valence electrons. The fraction of sp³-hybridized carbons (Fsp3) is 0.571. The van der Waals surface area contributed by atoms with Crippen molar-refractivity contribution >= 4 is 23.2 Å². The van der Waals surface area contributed by atoms with Gasteiger partial charge in [-0.15, -0.1) is 0 Å². The predicted octanol–water partition coefficient (Wildman–Crippen LogP) is 3.55. The summed E-state index contributed by atoms with van der Waals surface area (Å²) in [7, 11) is 0. The maximum Gasteiger partial charge on any atom is 0.0512 e. The van der Waals surface area contributed by atoms with E-state index in [0.717, 1.165) is 48.2 Å². The van der Waals surface area contributed by atoms with Gasteiger partial charge in [-0.25, -0.2) is 0 Å². The molecular formula is C14H19Cl2NO. The molecule has 18 heavy (non-hydrogen) atoms. The number of nitrogens with one attached hydrogen (secondary N) is 1. The van der Waals surface area contributed by atoms with Crippen molar-refractivity contribution in [3.63, 3.8) is 0 Å². The zero-order chi connectivity index (χ0) is 13.0. The second-order valence-corrected chi connectivity index (χ2v) is 5.57. The predicted molar refractivity (Wildman–Crippen MR) is 76.6 cm³/mol. The molecule has 1 aromatic carbocycles. The van der Waals surface area contributed by atoms with Crippen molar-refractivity contribution in [3.8, 4) is 0 Å². The van der Waals surface area contributed by atoms with Crippen molar-refractivity contribution in [2.24, 2.45) is 5.92 Å². The first-order chi connectivity index (χ1) is 8.70. The topological polar surface area (TPSA) is 21.3 Å². The van der Waals surface area contributed by atoms with Gasteiger partial charge in [0.1, 0.15) is 0 Å². The summed E-state index contributed by atoms with van der Waals surface area (Å²) in [4.78, 5) is 0. The second kappa shape index (κ2) is 6.76. The van der Waals surface area contributed by atoms with Gasteiger partial charge >= 0.3 is 0 Å². The van der Waals surface area contributed by atoms with E-state index in [1.54, 1.807) is 0 Å². The summed E-state index contributed by atoms with van der Waals surface area (Å²) >= 11 is 12.2. The Morgan fingerprint density at radius 1 is 1.39 bits per heavy atom. The third-order valence-corrected chi connectivity index (χ3v) is 4.03. The minimum atomic E-state index is 0.467. The van der Waals surface area contributed by atoms with Crippen LogP contribution in [0.15, 0.2) is 18.2 Å². The molecule has 0 spiro atoms. The molecule has 1 aromatic rings. The van der Waals surface area contributed by atoms with Gasteiger partial charge in [-0.1, -0.05) is 30.1 Å². The Morgan fingerprint density at radius 2 is 2.22 bits per heavy atom. The zero-order valence-electron chi connectivity index (χ0n) is 10.6. The van der Waals surface area contributed by atoms with Gasteiger partial charge in [0, 0.05) is 28.6 Å². The smallest absolute Gasteiger partial charge is 0.0512 e. The second-order valence-electron chi connectivity index (χ2n) is 4.73. The molecule has 1 heterocycles. The van der Waals surface area contributed by atoms with Crippen molar-refractivity contribution < 1.29 is 4.74 Å². The SMILES string of the molecule is CCN[C@H]1CCOC[C@H]1Cc1cc(Cl)ccc1Cl. The Bertz CT molecular complexity index is 395. The number of hydrogen-bond donors (Lipinski definition) is 1. The van der Waals surface area contributed by atoms with Crippen LogP contribution >= 0.6 is 23.2 Å². The van der Waals surface area contributed by atoms with E-state index in [9.17, 15) is 0 Å². The minimum Gasteiger partial charge on any atom is -0.381 e. The van der Waals surface area contributed by atoms with Crippen LogP contribution < -0.4 is 5.32 Å². The summed E-state index contributed by atoms with van der Waals surface area (Å²) in [6.45, 7) is 4.77. The van der Waals surface area contributed by atoms with Gasteiger partial charge in [-0.2, -0.15) is 0 Å². The van der Waals surface area contributed by atoms with Crippen molar-refractivity contribution in [1.82, 2.24) is 5.32 Å². The Balaban J connectivity index is 2.08. The van der Waals surface area contributed by atoms with Crippen LogP contribution in [-0.4, -0.2) is 25.8 Å². The van der Waals surface area contributed by atoms with Gasteiger partial charge in [0.15, 0.2) is 0 Å². The maximum absolute atomic E-state index is 6.22. The maximum atomic E-state index is 6.22. The molecule has 1 aliphatic heterocycles. The lowest BCUT2D eigenvalue weighted by atomic mass is 9.89. The standard InChI is InChI=1S/C14H19Cl2NO/c1-2-17-14-5-6-18-9-11(14)7-10-8-12(15)3-4-13(10)16/h3-4,8,11,14,17H,2,5-7,9H2,1H3/t11-,14+/m1/s1. The van der Waals surface area contributed by atoms with Crippen LogP contribution in [0.2, 0.25) is 10.0 Å². The average Bonchev–Trinajstić information content (AvgIpc) is 2.36. The van der Waals surface area contributed by atoms with Gasteiger partial charge in [0.2, 0.25) is 0 Å². The zero-order valence-corrected chi connectivity index (χ0v) is 12.1. The van der Waals surface area contributed by atoms with Crippen LogP contribution in [0.4, 0.5) is 0 Å². The molecule has 0 aliphatic carbocycles. The van der Waals surface area contributed by atoms with Gasteiger partial charge in [0.25, 0.3) is 0 Å². The van der Waals surface area contributed by atoms with Crippen LogP contribution in [0.5, 0.6) is 0 Å². The first-order valence-corrected chi connectivity index (χ1v) is 7.21. The average molecular weight is 288 g/mol. The van der Waals surface area contributed by atoms with Crippen LogP contribution in [0, 0.1) is 5.92 Å². The van der Waals surface area contributed by atoms with E-state index >= 15 is 0 Å². The molecule has 0 radical (unpaired) electrons. The third kappa shape index (κ3) is 3.61. The van der Waals surface area contributed by atoms with E-state index < -0.39 is 0 Å². The van der Waals surface area contributed by atoms with E-state index in [1.807, 2.05) is 18.2 Å². The summed E-state index contributed by atoms with van der Waals surface area (Å²) in [5.41, 5.74) is 1.11. The molecule has 1 fully saturated rings. The van der Waals surface area contributed by atoms with E-state index in [-0.39, 0.29) is 0 Å². The van der Waals surface area contributed by atoms with Gasteiger partial charge in [-0.05, 0) is 43.1 Å². The number of rotatable bonds is 4. The summed E-state index contributed by atoms with van der Waals surface area (Å²) < 4.78 is 5.58. The monoisotopic (exact) mass is 287 g/mol. The fourth-order valence-corrected chi connectivity index (χ4v) is 2.90.